The molecule has 0 spiro atoms. The van der Waals surface area contributed by atoms with Gasteiger partial charge in [-0.15, -0.1) is 0 Å². The van der Waals surface area contributed by atoms with Crippen molar-refractivity contribution in [2.45, 2.75) is 20.0 Å². The molecule has 1 N–H and O–H groups in total. The topological polar surface area (TPSA) is 37.3 Å². The molecular weight excluding hydrogens is 152 g/mol. The Labute approximate surface area is 72.3 Å². The van der Waals surface area contributed by atoms with Gasteiger partial charge in [-0.3, -0.25) is 4.79 Å². The predicted molar refractivity (Wildman–Crippen MR) is 45.5 cm³/mol. The third-order valence-electron chi connectivity index (χ3n) is 3.49. The predicted octanol–water partition coefficient (Wildman–Crippen LogP) is 1.00. The lowest BCUT2D eigenvalue weighted by Crippen LogP contribution is -2.54. The Morgan fingerprint density at radius 2 is 2.08 bits per heavy atom. The summed E-state index contributed by atoms with van der Waals surface area (Å²) in [7, 11) is 0. The molecule has 2 aliphatic rings. The van der Waals surface area contributed by atoms with E-state index in [2.05, 4.69) is 0 Å². The lowest BCUT2D eigenvalue weighted by molar-refractivity contribution is -0.137. The van der Waals surface area contributed by atoms with Gasteiger partial charge in [0.05, 0.1) is 6.10 Å². The van der Waals surface area contributed by atoms with Crippen LogP contribution in [0.2, 0.25) is 0 Å². The highest BCUT2D eigenvalue weighted by molar-refractivity contribution is 5.93. The smallest absolute Gasteiger partial charge is 0.158 e. The summed E-state index contributed by atoms with van der Waals surface area (Å²) < 4.78 is 0. The van der Waals surface area contributed by atoms with Gasteiger partial charge in [-0.2, -0.15) is 0 Å². The molecular formula is C10H14O2. The van der Waals surface area contributed by atoms with E-state index in [9.17, 15) is 9.90 Å². The summed E-state index contributed by atoms with van der Waals surface area (Å²) in [4.78, 5) is 11.2. The number of fused-ring (bicyclic) bond motifs is 1. The maximum Gasteiger partial charge on any atom is 0.158 e. The summed E-state index contributed by atoms with van der Waals surface area (Å²) >= 11 is 0. The van der Waals surface area contributed by atoms with Crippen LogP contribution in [0, 0.1) is 23.7 Å². The highest BCUT2D eigenvalue weighted by atomic mass is 16.3. The second-order valence-electron chi connectivity index (χ2n) is 4.05. The van der Waals surface area contributed by atoms with E-state index >= 15 is 0 Å². The van der Waals surface area contributed by atoms with Crippen LogP contribution in [-0.4, -0.2) is 17.0 Å². The van der Waals surface area contributed by atoms with E-state index in [0.717, 1.165) is 0 Å². The first-order valence-corrected chi connectivity index (χ1v) is 4.53. The van der Waals surface area contributed by atoms with Gasteiger partial charge >= 0.3 is 0 Å². The van der Waals surface area contributed by atoms with Gasteiger partial charge < -0.3 is 5.11 Å². The lowest BCUT2D eigenvalue weighted by Gasteiger charge is -2.50. The minimum Gasteiger partial charge on any atom is -0.392 e. The molecule has 2 heteroatoms. The van der Waals surface area contributed by atoms with Crippen LogP contribution in [0.3, 0.4) is 0 Å². The molecule has 0 aliphatic heterocycles. The van der Waals surface area contributed by atoms with Crippen LogP contribution in [0.1, 0.15) is 13.8 Å². The van der Waals surface area contributed by atoms with Crippen LogP contribution in [0.5, 0.6) is 0 Å². The van der Waals surface area contributed by atoms with Crippen LogP contribution >= 0.6 is 0 Å². The lowest BCUT2D eigenvalue weighted by atomic mass is 9.56. The third-order valence-corrected chi connectivity index (χ3v) is 3.49. The van der Waals surface area contributed by atoms with Gasteiger partial charge in [0.1, 0.15) is 0 Å². The highest BCUT2D eigenvalue weighted by Gasteiger charge is 2.50. The van der Waals surface area contributed by atoms with E-state index in [-0.39, 0.29) is 23.7 Å². The molecule has 2 rings (SSSR count). The molecule has 2 nitrogen and oxygen atoms in total. The molecule has 0 saturated heterocycles. The summed E-state index contributed by atoms with van der Waals surface area (Å²) in [5.74, 6) is 1.15. The number of carbonyl (C=O) groups excluding carboxylic acids is 1. The van der Waals surface area contributed by atoms with Gasteiger partial charge in [-0.1, -0.05) is 19.9 Å². The molecule has 66 valence electrons. The second-order valence-corrected chi connectivity index (χ2v) is 4.05. The van der Waals surface area contributed by atoms with Crippen molar-refractivity contribution in [1.29, 1.82) is 0 Å². The van der Waals surface area contributed by atoms with Crippen LogP contribution in [0.15, 0.2) is 12.2 Å². The van der Waals surface area contributed by atoms with Crippen LogP contribution in [0.25, 0.3) is 0 Å². The van der Waals surface area contributed by atoms with Crippen molar-refractivity contribution < 1.29 is 9.90 Å². The quantitative estimate of drug-likeness (QED) is 0.583. The third kappa shape index (κ3) is 0.816. The summed E-state index contributed by atoms with van der Waals surface area (Å²) in [5.41, 5.74) is 0. The monoisotopic (exact) mass is 166 g/mol. The number of aliphatic hydroxyl groups excluding tert-OH is 1. The van der Waals surface area contributed by atoms with Crippen molar-refractivity contribution in [3.8, 4) is 0 Å². The Morgan fingerprint density at radius 1 is 1.42 bits per heavy atom. The zero-order chi connectivity index (χ0) is 8.88. The maximum absolute atomic E-state index is 11.2. The van der Waals surface area contributed by atoms with Crippen molar-refractivity contribution in [1.82, 2.24) is 0 Å². The molecule has 12 heavy (non-hydrogen) atoms. The first-order chi connectivity index (χ1) is 5.63. The van der Waals surface area contributed by atoms with Gasteiger partial charge in [0, 0.05) is 11.8 Å². The molecule has 0 heterocycles. The Balaban J connectivity index is 2.24. The standard InChI is InChI=1S/C10H14O2/c1-5-7-3-4-8(11)6(2)9(7)10(5)12/h3-7,9-10,12H,1-2H3/t5-,6-,7-,9-,10+/m0/s1. The van der Waals surface area contributed by atoms with E-state index in [4.69, 9.17) is 0 Å². The number of ketones is 1. The minimum absolute atomic E-state index is 0.0196. The van der Waals surface area contributed by atoms with Crippen molar-refractivity contribution in [2.75, 3.05) is 0 Å². The molecule has 1 saturated carbocycles. The van der Waals surface area contributed by atoms with Crippen LogP contribution in [0.4, 0.5) is 0 Å². The number of allylic oxidation sites excluding steroid dienone is 2. The van der Waals surface area contributed by atoms with Gasteiger partial charge in [0.25, 0.3) is 0 Å². The summed E-state index contributed by atoms with van der Waals surface area (Å²) in [6.07, 6.45) is 3.37. The van der Waals surface area contributed by atoms with Crippen LogP contribution in [-0.2, 0) is 4.79 Å². The van der Waals surface area contributed by atoms with Gasteiger partial charge in [-0.25, -0.2) is 0 Å². The molecule has 0 aromatic heterocycles. The molecule has 2 aliphatic carbocycles. The van der Waals surface area contributed by atoms with Crippen molar-refractivity contribution in [2.24, 2.45) is 23.7 Å². The largest absolute Gasteiger partial charge is 0.392 e. The van der Waals surface area contributed by atoms with Gasteiger partial charge in [-0.05, 0) is 17.9 Å². The first-order valence-electron chi connectivity index (χ1n) is 4.53. The zero-order valence-corrected chi connectivity index (χ0v) is 7.40. The van der Waals surface area contributed by atoms with Crippen molar-refractivity contribution >= 4 is 5.78 Å². The average Bonchev–Trinajstić information content (AvgIpc) is 2.08. The van der Waals surface area contributed by atoms with E-state index < -0.39 is 0 Å². The Kier molecular flexibility index (Phi) is 1.62. The summed E-state index contributed by atoms with van der Waals surface area (Å²) in [6.45, 7) is 3.96. The van der Waals surface area contributed by atoms with E-state index in [1.54, 1.807) is 6.08 Å². The van der Waals surface area contributed by atoms with E-state index in [0.29, 0.717) is 11.8 Å². The molecule has 0 bridgehead atoms. The Hall–Kier alpha value is -0.630. The van der Waals surface area contributed by atoms with Crippen molar-refractivity contribution in [3.63, 3.8) is 0 Å². The van der Waals surface area contributed by atoms with Gasteiger partial charge in [0.2, 0.25) is 0 Å². The maximum atomic E-state index is 11.2. The molecule has 1 fully saturated rings. The fourth-order valence-electron chi connectivity index (χ4n) is 2.49. The minimum atomic E-state index is -0.265. The SMILES string of the molecule is C[C@@H]1[C@@H](O)[C@@H]2[C@H]1C=CC(=O)[C@@H]2C. The number of hydrogen-bond acceptors (Lipinski definition) is 2. The number of rotatable bonds is 0. The molecule has 5 atom stereocenters. The number of carbonyl (C=O) groups is 1. The highest BCUT2D eigenvalue weighted by Crippen LogP contribution is 2.47. The number of aliphatic hydroxyl groups is 1. The average molecular weight is 166 g/mol. The van der Waals surface area contributed by atoms with E-state index in [1.165, 1.54) is 0 Å². The first kappa shape index (κ1) is 7.99. The molecule has 0 aromatic carbocycles. The second kappa shape index (κ2) is 2.43. The fraction of sp³-hybridized carbons (Fsp3) is 0.700. The Bertz CT molecular complexity index is 244. The zero-order valence-electron chi connectivity index (χ0n) is 7.40. The van der Waals surface area contributed by atoms with Gasteiger partial charge in [0.15, 0.2) is 5.78 Å². The summed E-state index contributed by atoms with van der Waals surface area (Å²) in [5, 5.41) is 9.61. The Morgan fingerprint density at radius 3 is 2.75 bits per heavy atom. The normalized spacial score (nSPS) is 51.6. The fourth-order valence-corrected chi connectivity index (χ4v) is 2.49. The van der Waals surface area contributed by atoms with E-state index in [1.807, 2.05) is 19.9 Å². The molecule has 0 amide bonds. The van der Waals surface area contributed by atoms with Crippen LogP contribution < -0.4 is 0 Å². The molecule has 0 aromatic rings. The number of hydrogen-bond donors (Lipinski definition) is 1. The molecule has 0 radical (unpaired) electrons. The summed E-state index contributed by atoms with van der Waals surface area (Å²) in [6, 6.07) is 0. The van der Waals surface area contributed by atoms with Crippen molar-refractivity contribution in [3.05, 3.63) is 12.2 Å². The molecule has 0 unspecified atom stereocenters.